The van der Waals surface area contributed by atoms with Gasteiger partial charge in [-0.1, -0.05) is 19.9 Å². The van der Waals surface area contributed by atoms with Gasteiger partial charge in [-0.15, -0.1) is 0 Å². The topological polar surface area (TPSA) is 49.4 Å². The highest BCUT2D eigenvalue weighted by molar-refractivity contribution is 5.89. The van der Waals surface area contributed by atoms with Crippen molar-refractivity contribution in [2.24, 2.45) is 28.6 Å². The summed E-state index contributed by atoms with van der Waals surface area (Å²) in [5.41, 5.74) is 0.187. The van der Waals surface area contributed by atoms with Crippen molar-refractivity contribution >= 4 is 12.3 Å². The maximum absolute atomic E-state index is 12.0. The molecule has 0 radical (unpaired) electrons. The first-order chi connectivity index (χ1) is 12.6. The fraction of sp³-hybridized carbons (Fsp3) is 0.826. The van der Waals surface area contributed by atoms with E-state index >= 15 is 0 Å². The smallest absolute Gasteiger partial charge is 0.243 e. The minimum absolute atomic E-state index is 0.0734. The van der Waals surface area contributed by atoms with Crippen LogP contribution in [0.1, 0.15) is 73.1 Å². The summed E-state index contributed by atoms with van der Waals surface area (Å²) in [5.74, 6) is 2.12. The average Bonchev–Trinajstić information content (AvgIpc) is 2.92. The number of carbonyl (C=O) groups is 2. The first kappa shape index (κ1) is 19.0. The molecule has 0 bridgehead atoms. The fourth-order valence-electron chi connectivity index (χ4n) is 7.46. The zero-order chi connectivity index (χ0) is 19.6. The van der Waals surface area contributed by atoms with Crippen LogP contribution in [-0.2, 0) is 9.59 Å². The van der Waals surface area contributed by atoms with Gasteiger partial charge in [0.2, 0.25) is 12.3 Å². The second-order valence-corrected chi connectivity index (χ2v) is 11.0. The first-order valence-electron chi connectivity index (χ1n) is 10.8. The van der Waals surface area contributed by atoms with E-state index in [1.165, 1.54) is 25.7 Å². The van der Waals surface area contributed by atoms with Crippen LogP contribution in [0.25, 0.3) is 0 Å². The fourth-order valence-corrected chi connectivity index (χ4v) is 7.46. The van der Waals surface area contributed by atoms with Crippen LogP contribution in [0.15, 0.2) is 12.2 Å². The molecule has 2 unspecified atom stereocenters. The standard InChI is InChI=1S/C23H36N2O2/c1-21(2,3)25(14-26)19-9-7-16-15-6-8-18-22(4,13-11-20(27)24-18)17(15)10-12-23(16,19)5/h11,13-19H,6-10,12H2,1-5H3,(H,24,27)/t15-,16-,17+,18?,19?,22+,23-/m0/s1. The Balaban J connectivity index is 1.63. The van der Waals surface area contributed by atoms with Crippen molar-refractivity contribution in [1.29, 1.82) is 0 Å². The average molecular weight is 373 g/mol. The van der Waals surface area contributed by atoms with Crippen molar-refractivity contribution in [2.45, 2.75) is 90.8 Å². The molecule has 3 fully saturated rings. The maximum Gasteiger partial charge on any atom is 0.243 e. The minimum Gasteiger partial charge on any atom is -0.349 e. The van der Waals surface area contributed by atoms with Gasteiger partial charge in [0.25, 0.3) is 0 Å². The summed E-state index contributed by atoms with van der Waals surface area (Å²) < 4.78 is 0. The molecule has 7 atom stereocenters. The second-order valence-electron chi connectivity index (χ2n) is 11.0. The third kappa shape index (κ3) is 2.69. The lowest BCUT2D eigenvalue weighted by Gasteiger charge is -2.59. The van der Waals surface area contributed by atoms with Crippen LogP contribution in [0.5, 0.6) is 0 Å². The molecule has 3 aliphatic carbocycles. The van der Waals surface area contributed by atoms with Crippen LogP contribution >= 0.6 is 0 Å². The predicted octanol–water partition coefficient (Wildman–Crippen LogP) is 3.91. The van der Waals surface area contributed by atoms with Crippen LogP contribution in [0.4, 0.5) is 0 Å². The maximum atomic E-state index is 12.0. The molecule has 3 saturated carbocycles. The molecule has 1 aliphatic heterocycles. The molecule has 0 aromatic carbocycles. The Kier molecular flexibility index (Phi) is 4.29. The summed E-state index contributed by atoms with van der Waals surface area (Å²) in [4.78, 5) is 26.0. The van der Waals surface area contributed by atoms with Crippen molar-refractivity contribution in [2.75, 3.05) is 0 Å². The zero-order valence-electron chi connectivity index (χ0n) is 17.6. The monoisotopic (exact) mass is 372 g/mol. The van der Waals surface area contributed by atoms with E-state index < -0.39 is 0 Å². The molecule has 0 aromatic rings. The number of hydrogen-bond acceptors (Lipinski definition) is 2. The van der Waals surface area contributed by atoms with Gasteiger partial charge in [0.15, 0.2) is 0 Å². The van der Waals surface area contributed by atoms with Crippen LogP contribution in [0.3, 0.4) is 0 Å². The number of fused-ring (bicyclic) bond motifs is 5. The molecular weight excluding hydrogens is 336 g/mol. The largest absolute Gasteiger partial charge is 0.349 e. The molecule has 1 N–H and O–H groups in total. The van der Waals surface area contributed by atoms with E-state index in [0.29, 0.717) is 29.8 Å². The van der Waals surface area contributed by atoms with E-state index in [1.54, 1.807) is 6.08 Å². The van der Waals surface area contributed by atoms with Gasteiger partial charge in [-0.3, -0.25) is 9.59 Å². The molecule has 0 saturated heterocycles. The lowest BCUT2D eigenvalue weighted by atomic mass is 9.48. The van der Waals surface area contributed by atoms with Gasteiger partial charge in [0, 0.05) is 23.0 Å². The lowest BCUT2D eigenvalue weighted by molar-refractivity contribution is -0.133. The van der Waals surface area contributed by atoms with E-state index in [2.05, 4.69) is 50.9 Å². The van der Waals surface area contributed by atoms with Gasteiger partial charge in [0.05, 0.1) is 0 Å². The molecule has 0 aromatic heterocycles. The predicted molar refractivity (Wildman–Crippen MR) is 107 cm³/mol. The Hall–Kier alpha value is -1.32. The number of carbonyl (C=O) groups excluding carboxylic acids is 2. The Labute approximate surface area is 164 Å². The molecule has 150 valence electrons. The van der Waals surface area contributed by atoms with Gasteiger partial charge >= 0.3 is 0 Å². The number of nitrogens with one attached hydrogen (secondary N) is 1. The Morgan fingerprint density at radius 2 is 1.85 bits per heavy atom. The summed E-state index contributed by atoms with van der Waals surface area (Å²) in [6.07, 6.45) is 12.1. The summed E-state index contributed by atoms with van der Waals surface area (Å²) in [5, 5.41) is 3.24. The van der Waals surface area contributed by atoms with E-state index in [1.807, 2.05) is 0 Å². The summed E-state index contributed by atoms with van der Waals surface area (Å²) >= 11 is 0. The first-order valence-corrected chi connectivity index (χ1v) is 10.8. The molecule has 0 spiro atoms. The van der Waals surface area contributed by atoms with E-state index in [0.717, 1.165) is 19.3 Å². The third-order valence-electron chi connectivity index (χ3n) is 8.86. The second kappa shape index (κ2) is 6.09. The van der Waals surface area contributed by atoms with E-state index in [-0.39, 0.29) is 22.3 Å². The van der Waals surface area contributed by atoms with Gasteiger partial charge in [-0.2, -0.15) is 0 Å². The van der Waals surface area contributed by atoms with Crippen molar-refractivity contribution in [3.05, 3.63) is 12.2 Å². The number of nitrogens with zero attached hydrogens (tertiary/aromatic N) is 1. The highest BCUT2D eigenvalue weighted by Crippen LogP contribution is 2.64. The van der Waals surface area contributed by atoms with Crippen molar-refractivity contribution in [3.63, 3.8) is 0 Å². The normalized spacial score (nSPS) is 46.1. The lowest BCUT2D eigenvalue weighted by Crippen LogP contribution is -2.61. The van der Waals surface area contributed by atoms with Gasteiger partial charge in [-0.05, 0) is 88.5 Å². The van der Waals surface area contributed by atoms with Crippen LogP contribution in [-0.4, -0.2) is 34.8 Å². The molecule has 4 aliphatic rings. The molecule has 1 heterocycles. The van der Waals surface area contributed by atoms with E-state index in [4.69, 9.17) is 0 Å². The van der Waals surface area contributed by atoms with Crippen LogP contribution in [0, 0.1) is 28.6 Å². The number of amides is 2. The summed E-state index contributed by atoms with van der Waals surface area (Å²) in [7, 11) is 0. The molecular formula is C23H36N2O2. The van der Waals surface area contributed by atoms with Crippen LogP contribution < -0.4 is 5.32 Å². The Morgan fingerprint density at radius 3 is 2.52 bits per heavy atom. The molecule has 2 amide bonds. The molecule has 4 heteroatoms. The SMILES string of the molecule is CC(C)(C)N(C=O)C1CC[C@H]2[C@@H]3CCC4NC(=O)C=C[C@]4(C)[C@@H]3CC[C@]12C. The Bertz CT molecular complexity index is 666. The summed E-state index contributed by atoms with van der Waals surface area (Å²) in [6, 6.07) is 0.645. The van der Waals surface area contributed by atoms with Gasteiger partial charge < -0.3 is 10.2 Å². The van der Waals surface area contributed by atoms with Gasteiger partial charge in [-0.25, -0.2) is 0 Å². The van der Waals surface area contributed by atoms with Crippen molar-refractivity contribution < 1.29 is 9.59 Å². The quantitative estimate of drug-likeness (QED) is 0.747. The summed E-state index contributed by atoms with van der Waals surface area (Å²) in [6.45, 7) is 11.3. The Morgan fingerprint density at radius 1 is 1.11 bits per heavy atom. The molecule has 4 rings (SSSR count). The number of rotatable bonds is 2. The van der Waals surface area contributed by atoms with Crippen LogP contribution in [0.2, 0.25) is 0 Å². The third-order valence-corrected chi connectivity index (χ3v) is 8.86. The van der Waals surface area contributed by atoms with Crippen molar-refractivity contribution in [3.8, 4) is 0 Å². The minimum atomic E-state index is -0.124. The van der Waals surface area contributed by atoms with Gasteiger partial charge in [0.1, 0.15) is 0 Å². The highest BCUT2D eigenvalue weighted by Gasteiger charge is 2.61. The van der Waals surface area contributed by atoms with Crippen molar-refractivity contribution in [1.82, 2.24) is 10.2 Å². The molecule has 27 heavy (non-hydrogen) atoms. The molecule has 4 nitrogen and oxygen atoms in total. The van der Waals surface area contributed by atoms with E-state index in [9.17, 15) is 9.59 Å². The number of hydrogen-bond donors (Lipinski definition) is 1. The highest BCUT2D eigenvalue weighted by atomic mass is 16.1. The zero-order valence-corrected chi connectivity index (χ0v) is 17.6.